The van der Waals surface area contributed by atoms with Crippen LogP contribution in [0.5, 0.6) is 5.75 Å². The molecule has 0 spiro atoms. The average Bonchev–Trinajstić information content (AvgIpc) is 3.03. The van der Waals surface area contributed by atoms with Gasteiger partial charge in [-0.15, -0.1) is 0 Å². The molecule has 0 N–H and O–H groups in total. The SMILES string of the molecule is CCCCOC(=O)C(C)Sc1nccn1-c1ccc(OC)cc1. The third-order valence-corrected chi connectivity index (χ3v) is 4.37. The number of hydrogen-bond acceptors (Lipinski definition) is 5. The van der Waals surface area contributed by atoms with E-state index in [0.29, 0.717) is 6.61 Å². The van der Waals surface area contributed by atoms with Crippen LogP contribution in [-0.2, 0) is 9.53 Å². The summed E-state index contributed by atoms with van der Waals surface area (Å²) >= 11 is 1.39. The third kappa shape index (κ3) is 4.76. The number of nitrogens with zero attached hydrogens (tertiary/aromatic N) is 2. The molecule has 0 bridgehead atoms. The molecule has 23 heavy (non-hydrogen) atoms. The summed E-state index contributed by atoms with van der Waals surface area (Å²) in [6.45, 7) is 4.39. The molecule has 0 aliphatic carbocycles. The van der Waals surface area contributed by atoms with Crippen LogP contribution in [0.25, 0.3) is 5.69 Å². The first-order valence-electron chi connectivity index (χ1n) is 7.66. The van der Waals surface area contributed by atoms with E-state index in [1.165, 1.54) is 11.8 Å². The minimum atomic E-state index is -0.300. The summed E-state index contributed by atoms with van der Waals surface area (Å²) < 4.78 is 12.4. The zero-order valence-corrected chi connectivity index (χ0v) is 14.5. The lowest BCUT2D eigenvalue weighted by molar-refractivity contribution is -0.142. The monoisotopic (exact) mass is 334 g/mol. The zero-order chi connectivity index (χ0) is 16.7. The Balaban J connectivity index is 2.04. The van der Waals surface area contributed by atoms with Crippen LogP contribution < -0.4 is 4.74 Å². The van der Waals surface area contributed by atoms with Gasteiger partial charge in [-0.1, -0.05) is 25.1 Å². The van der Waals surface area contributed by atoms with Gasteiger partial charge in [-0.2, -0.15) is 0 Å². The van der Waals surface area contributed by atoms with Crippen LogP contribution in [0.2, 0.25) is 0 Å². The summed E-state index contributed by atoms with van der Waals surface area (Å²) in [5.74, 6) is 0.601. The topological polar surface area (TPSA) is 53.3 Å². The summed E-state index contributed by atoms with van der Waals surface area (Å²) in [5, 5.41) is 0.460. The molecule has 124 valence electrons. The molecule has 1 aromatic heterocycles. The molecular formula is C17H22N2O3S. The first-order chi connectivity index (χ1) is 11.2. The fourth-order valence-electron chi connectivity index (χ4n) is 1.96. The van der Waals surface area contributed by atoms with E-state index in [1.54, 1.807) is 13.3 Å². The van der Waals surface area contributed by atoms with Crippen molar-refractivity contribution in [2.45, 2.75) is 37.1 Å². The summed E-state index contributed by atoms with van der Waals surface area (Å²) in [4.78, 5) is 16.3. The summed E-state index contributed by atoms with van der Waals surface area (Å²) in [6.07, 6.45) is 5.50. The number of ether oxygens (including phenoxy) is 2. The van der Waals surface area contributed by atoms with Crippen LogP contribution in [0.4, 0.5) is 0 Å². The Morgan fingerprint density at radius 1 is 1.35 bits per heavy atom. The molecule has 6 heteroatoms. The molecule has 0 amide bonds. The van der Waals surface area contributed by atoms with Gasteiger partial charge in [0.25, 0.3) is 0 Å². The Kier molecular flexibility index (Phi) is 6.52. The van der Waals surface area contributed by atoms with Crippen molar-refractivity contribution in [3.63, 3.8) is 0 Å². The van der Waals surface area contributed by atoms with E-state index >= 15 is 0 Å². The van der Waals surface area contributed by atoms with E-state index in [9.17, 15) is 4.79 Å². The summed E-state index contributed by atoms with van der Waals surface area (Å²) in [6, 6.07) is 7.70. The molecule has 0 aliphatic rings. The highest BCUT2D eigenvalue weighted by Crippen LogP contribution is 2.26. The predicted molar refractivity (Wildman–Crippen MR) is 91.3 cm³/mol. The molecule has 5 nitrogen and oxygen atoms in total. The first kappa shape index (κ1) is 17.4. The molecule has 1 aromatic carbocycles. The van der Waals surface area contributed by atoms with Crippen molar-refractivity contribution in [3.05, 3.63) is 36.7 Å². The highest BCUT2D eigenvalue weighted by atomic mass is 32.2. The smallest absolute Gasteiger partial charge is 0.319 e. The van der Waals surface area contributed by atoms with Gasteiger partial charge < -0.3 is 9.47 Å². The number of hydrogen-bond donors (Lipinski definition) is 0. The van der Waals surface area contributed by atoms with E-state index in [2.05, 4.69) is 11.9 Å². The van der Waals surface area contributed by atoms with Gasteiger partial charge in [-0.25, -0.2) is 4.98 Å². The molecule has 1 heterocycles. The molecule has 1 atom stereocenters. The molecule has 0 saturated heterocycles. The minimum absolute atomic E-state index is 0.201. The first-order valence-corrected chi connectivity index (χ1v) is 8.54. The second-order valence-corrected chi connectivity index (χ2v) is 6.37. The van der Waals surface area contributed by atoms with Crippen molar-refractivity contribution in [2.75, 3.05) is 13.7 Å². The Morgan fingerprint density at radius 2 is 2.09 bits per heavy atom. The molecule has 0 radical (unpaired) electrons. The number of carbonyl (C=O) groups excluding carboxylic acids is 1. The maximum absolute atomic E-state index is 12.0. The van der Waals surface area contributed by atoms with E-state index in [1.807, 2.05) is 42.0 Å². The number of methoxy groups -OCH3 is 1. The van der Waals surface area contributed by atoms with E-state index in [0.717, 1.165) is 29.4 Å². The van der Waals surface area contributed by atoms with E-state index in [4.69, 9.17) is 9.47 Å². The number of carbonyl (C=O) groups is 1. The van der Waals surface area contributed by atoms with Gasteiger partial charge in [0, 0.05) is 18.1 Å². The number of thioether (sulfide) groups is 1. The van der Waals surface area contributed by atoms with Crippen LogP contribution in [0.1, 0.15) is 26.7 Å². The second-order valence-electron chi connectivity index (χ2n) is 5.06. The lowest BCUT2D eigenvalue weighted by Gasteiger charge is -2.12. The Hall–Kier alpha value is -1.95. The number of imidazole rings is 1. The second kappa shape index (κ2) is 8.62. The Bertz CT molecular complexity index is 625. The van der Waals surface area contributed by atoms with Gasteiger partial charge in [0.15, 0.2) is 5.16 Å². The van der Waals surface area contributed by atoms with Gasteiger partial charge in [0.1, 0.15) is 11.0 Å². The average molecular weight is 334 g/mol. The number of aromatic nitrogens is 2. The maximum atomic E-state index is 12.0. The number of rotatable bonds is 8. The van der Waals surface area contributed by atoms with Crippen molar-refractivity contribution in [3.8, 4) is 11.4 Å². The van der Waals surface area contributed by atoms with Crippen molar-refractivity contribution >= 4 is 17.7 Å². The lowest BCUT2D eigenvalue weighted by Crippen LogP contribution is -2.18. The van der Waals surface area contributed by atoms with E-state index in [-0.39, 0.29) is 11.2 Å². The molecule has 2 aromatic rings. The normalized spacial score (nSPS) is 12.0. The number of unbranched alkanes of at least 4 members (excludes halogenated alkanes) is 1. The zero-order valence-electron chi connectivity index (χ0n) is 13.7. The van der Waals surface area contributed by atoms with Crippen molar-refractivity contribution in [1.29, 1.82) is 0 Å². The number of esters is 1. The van der Waals surface area contributed by atoms with Gasteiger partial charge in [0.2, 0.25) is 0 Å². The van der Waals surface area contributed by atoms with Gasteiger partial charge in [-0.3, -0.25) is 9.36 Å². The fourth-order valence-corrected chi connectivity index (χ4v) is 2.84. The summed E-state index contributed by atoms with van der Waals surface area (Å²) in [5.41, 5.74) is 0.970. The van der Waals surface area contributed by atoms with Crippen LogP contribution >= 0.6 is 11.8 Å². The molecule has 0 aliphatic heterocycles. The minimum Gasteiger partial charge on any atom is -0.497 e. The standard InChI is InChI=1S/C17H22N2O3S/c1-4-5-12-22-16(20)13(2)23-17-18-10-11-19(17)14-6-8-15(21-3)9-7-14/h6-11,13H,4-5,12H2,1-3H3. The van der Waals surface area contributed by atoms with Crippen LogP contribution in [0, 0.1) is 0 Å². The van der Waals surface area contributed by atoms with Crippen LogP contribution in [0.3, 0.4) is 0 Å². The highest BCUT2D eigenvalue weighted by molar-refractivity contribution is 8.00. The Morgan fingerprint density at radius 3 is 2.74 bits per heavy atom. The molecule has 2 rings (SSSR count). The fraction of sp³-hybridized carbons (Fsp3) is 0.412. The van der Waals surface area contributed by atoms with Crippen LogP contribution in [0.15, 0.2) is 41.8 Å². The van der Waals surface area contributed by atoms with Gasteiger partial charge in [-0.05, 0) is 37.6 Å². The predicted octanol–water partition coefficient (Wildman–Crippen LogP) is 3.70. The van der Waals surface area contributed by atoms with Crippen molar-refractivity contribution < 1.29 is 14.3 Å². The number of benzene rings is 1. The van der Waals surface area contributed by atoms with Crippen molar-refractivity contribution in [2.24, 2.45) is 0 Å². The Labute approximate surface area is 141 Å². The summed E-state index contributed by atoms with van der Waals surface area (Å²) in [7, 11) is 1.64. The van der Waals surface area contributed by atoms with E-state index < -0.39 is 0 Å². The van der Waals surface area contributed by atoms with Gasteiger partial charge in [0.05, 0.1) is 13.7 Å². The quantitative estimate of drug-likeness (QED) is 0.418. The van der Waals surface area contributed by atoms with Gasteiger partial charge >= 0.3 is 5.97 Å². The molecular weight excluding hydrogens is 312 g/mol. The molecule has 0 fully saturated rings. The highest BCUT2D eigenvalue weighted by Gasteiger charge is 2.19. The molecule has 0 saturated carbocycles. The maximum Gasteiger partial charge on any atom is 0.319 e. The van der Waals surface area contributed by atoms with Crippen molar-refractivity contribution in [1.82, 2.24) is 9.55 Å². The lowest BCUT2D eigenvalue weighted by atomic mass is 10.3. The van der Waals surface area contributed by atoms with Crippen LogP contribution in [-0.4, -0.2) is 34.5 Å². The largest absolute Gasteiger partial charge is 0.497 e. The molecule has 1 unspecified atom stereocenters. The third-order valence-electron chi connectivity index (χ3n) is 3.31.